The number of para-hydroxylation sites is 1. The molecule has 0 saturated carbocycles. The largest absolute Gasteiger partial charge is 0.351 e. The van der Waals surface area contributed by atoms with Crippen molar-refractivity contribution in [2.24, 2.45) is 0 Å². The molecule has 0 aliphatic carbocycles. The van der Waals surface area contributed by atoms with Crippen LogP contribution in [-0.4, -0.2) is 21.6 Å². The predicted molar refractivity (Wildman–Crippen MR) is 70.9 cm³/mol. The maximum atomic E-state index is 11.1. The summed E-state index contributed by atoms with van der Waals surface area (Å²) in [6, 6.07) is 9.84. The molecule has 0 aliphatic rings. The molecule has 18 heavy (non-hydrogen) atoms. The summed E-state index contributed by atoms with van der Waals surface area (Å²) in [5.74, 6) is -0.199. The Morgan fingerprint density at radius 2 is 2.11 bits per heavy atom. The first kappa shape index (κ1) is 12.6. The second-order valence-electron chi connectivity index (χ2n) is 3.93. The van der Waals surface area contributed by atoms with Crippen LogP contribution >= 0.6 is 11.6 Å². The van der Waals surface area contributed by atoms with E-state index in [0.29, 0.717) is 6.54 Å². The third kappa shape index (κ3) is 2.90. The lowest BCUT2D eigenvalue weighted by molar-refractivity contribution is -0.118. The van der Waals surface area contributed by atoms with Crippen molar-refractivity contribution in [1.29, 1.82) is 0 Å². The molecule has 94 valence electrons. The van der Waals surface area contributed by atoms with Crippen molar-refractivity contribution in [1.82, 2.24) is 15.1 Å². The molecule has 1 N–H and O–H groups in total. The highest BCUT2D eigenvalue weighted by Gasteiger charge is 2.07. The average Bonchev–Trinajstić information content (AvgIpc) is 2.78. The van der Waals surface area contributed by atoms with Crippen LogP contribution in [0, 0.1) is 6.92 Å². The zero-order valence-electron chi connectivity index (χ0n) is 10.1. The highest BCUT2D eigenvalue weighted by atomic mass is 35.5. The van der Waals surface area contributed by atoms with E-state index >= 15 is 0 Å². The van der Waals surface area contributed by atoms with Crippen LogP contribution in [0.4, 0.5) is 0 Å². The van der Waals surface area contributed by atoms with E-state index in [-0.39, 0.29) is 11.8 Å². The fourth-order valence-corrected chi connectivity index (χ4v) is 1.72. The molecule has 4 nitrogen and oxygen atoms in total. The second kappa shape index (κ2) is 5.69. The van der Waals surface area contributed by atoms with Gasteiger partial charge in [0.15, 0.2) is 0 Å². The molecule has 0 atom stereocenters. The summed E-state index contributed by atoms with van der Waals surface area (Å²) in [6.45, 7) is 2.37. The van der Waals surface area contributed by atoms with E-state index in [0.717, 1.165) is 16.9 Å². The fourth-order valence-electron chi connectivity index (χ4n) is 1.62. The lowest BCUT2D eigenvalue weighted by Crippen LogP contribution is -2.23. The number of aromatic nitrogens is 2. The van der Waals surface area contributed by atoms with Crippen LogP contribution < -0.4 is 5.32 Å². The molecular weight excluding hydrogens is 250 g/mol. The summed E-state index contributed by atoms with van der Waals surface area (Å²) < 4.78 is 1.80. The van der Waals surface area contributed by atoms with Crippen LogP contribution in [0.2, 0.25) is 0 Å². The molecule has 1 aromatic heterocycles. The van der Waals surface area contributed by atoms with Crippen molar-refractivity contribution in [3.8, 4) is 5.69 Å². The molecule has 0 bridgehead atoms. The highest BCUT2D eigenvalue weighted by molar-refractivity contribution is 6.27. The van der Waals surface area contributed by atoms with Crippen molar-refractivity contribution in [3.05, 3.63) is 47.8 Å². The number of aryl methyl sites for hydroxylation is 1. The average molecular weight is 264 g/mol. The monoisotopic (exact) mass is 263 g/mol. The van der Waals surface area contributed by atoms with Gasteiger partial charge in [0.25, 0.3) is 0 Å². The number of amides is 1. The van der Waals surface area contributed by atoms with Gasteiger partial charge in [-0.15, -0.1) is 11.6 Å². The van der Waals surface area contributed by atoms with E-state index in [1.165, 1.54) is 0 Å². The number of hydrogen-bond donors (Lipinski definition) is 1. The Morgan fingerprint density at radius 1 is 1.39 bits per heavy atom. The Morgan fingerprint density at radius 3 is 2.78 bits per heavy atom. The quantitative estimate of drug-likeness (QED) is 0.858. The summed E-state index contributed by atoms with van der Waals surface area (Å²) in [6.07, 6.45) is 1.92. The van der Waals surface area contributed by atoms with E-state index in [9.17, 15) is 4.79 Å². The summed E-state index contributed by atoms with van der Waals surface area (Å²) in [5.41, 5.74) is 2.88. The van der Waals surface area contributed by atoms with Crippen molar-refractivity contribution in [2.45, 2.75) is 13.5 Å². The van der Waals surface area contributed by atoms with E-state index < -0.39 is 0 Å². The van der Waals surface area contributed by atoms with Gasteiger partial charge in [-0.25, -0.2) is 4.68 Å². The summed E-state index contributed by atoms with van der Waals surface area (Å²) in [7, 11) is 0. The number of nitrogens with one attached hydrogen (secondary N) is 1. The van der Waals surface area contributed by atoms with E-state index in [1.807, 2.05) is 43.5 Å². The molecule has 5 heteroatoms. The van der Waals surface area contributed by atoms with Gasteiger partial charge in [0.05, 0.1) is 11.4 Å². The molecule has 0 radical (unpaired) electrons. The molecule has 0 aliphatic heterocycles. The van der Waals surface area contributed by atoms with Crippen LogP contribution in [-0.2, 0) is 11.3 Å². The zero-order chi connectivity index (χ0) is 13.0. The first-order valence-corrected chi connectivity index (χ1v) is 6.17. The predicted octanol–water partition coefficient (Wildman–Crippen LogP) is 2.04. The summed E-state index contributed by atoms with van der Waals surface area (Å²) in [4.78, 5) is 11.1. The van der Waals surface area contributed by atoms with Gasteiger partial charge in [-0.1, -0.05) is 18.2 Å². The third-order valence-corrected chi connectivity index (χ3v) is 2.86. The number of benzene rings is 1. The Hall–Kier alpha value is -1.81. The standard InChI is InChI=1S/C13H14ClN3O/c1-10-11(8-15-13(18)7-14)9-17(16-10)12-5-3-2-4-6-12/h2-6,9H,7-8H2,1H3,(H,15,18). The molecular formula is C13H14ClN3O. The van der Waals surface area contributed by atoms with E-state index in [2.05, 4.69) is 10.4 Å². The molecule has 0 saturated heterocycles. The number of nitrogens with zero attached hydrogens (tertiary/aromatic N) is 2. The van der Waals surface area contributed by atoms with Crippen LogP contribution in [0.5, 0.6) is 0 Å². The molecule has 1 heterocycles. The first-order valence-electron chi connectivity index (χ1n) is 5.64. The molecule has 2 aromatic rings. The lowest BCUT2D eigenvalue weighted by Gasteiger charge is -2.00. The van der Waals surface area contributed by atoms with E-state index in [1.54, 1.807) is 4.68 Å². The smallest absolute Gasteiger partial charge is 0.235 e. The molecule has 1 aromatic carbocycles. The van der Waals surface area contributed by atoms with Crippen LogP contribution in [0.1, 0.15) is 11.3 Å². The molecule has 0 unspecified atom stereocenters. The Bertz CT molecular complexity index is 536. The third-order valence-electron chi connectivity index (χ3n) is 2.62. The first-order chi connectivity index (χ1) is 8.70. The number of rotatable bonds is 4. The van der Waals surface area contributed by atoms with Gasteiger partial charge in [-0.3, -0.25) is 4.79 Å². The Balaban J connectivity index is 2.15. The molecule has 1 amide bonds. The number of hydrogen-bond acceptors (Lipinski definition) is 2. The van der Waals surface area contributed by atoms with Gasteiger partial charge in [0.2, 0.25) is 5.91 Å². The van der Waals surface area contributed by atoms with Crippen molar-refractivity contribution >= 4 is 17.5 Å². The minimum Gasteiger partial charge on any atom is -0.351 e. The molecule has 0 fully saturated rings. The van der Waals surface area contributed by atoms with Crippen molar-refractivity contribution in [2.75, 3.05) is 5.88 Å². The zero-order valence-corrected chi connectivity index (χ0v) is 10.8. The summed E-state index contributed by atoms with van der Waals surface area (Å²) >= 11 is 5.43. The number of halogens is 1. The van der Waals surface area contributed by atoms with Crippen molar-refractivity contribution < 1.29 is 4.79 Å². The second-order valence-corrected chi connectivity index (χ2v) is 4.20. The fraction of sp³-hybridized carbons (Fsp3) is 0.231. The Kier molecular flexibility index (Phi) is 3.99. The minimum absolute atomic E-state index is 0.0220. The Labute approximate surface area is 111 Å². The van der Waals surface area contributed by atoms with Gasteiger partial charge in [0.1, 0.15) is 5.88 Å². The molecule has 0 spiro atoms. The van der Waals surface area contributed by atoms with Gasteiger partial charge in [-0.05, 0) is 19.1 Å². The van der Waals surface area contributed by atoms with Gasteiger partial charge < -0.3 is 5.32 Å². The maximum Gasteiger partial charge on any atom is 0.235 e. The van der Waals surface area contributed by atoms with Gasteiger partial charge in [-0.2, -0.15) is 5.10 Å². The van der Waals surface area contributed by atoms with Gasteiger partial charge >= 0.3 is 0 Å². The van der Waals surface area contributed by atoms with Crippen LogP contribution in [0.25, 0.3) is 5.69 Å². The lowest BCUT2D eigenvalue weighted by atomic mass is 10.2. The topological polar surface area (TPSA) is 46.9 Å². The molecule has 2 rings (SSSR count). The van der Waals surface area contributed by atoms with E-state index in [4.69, 9.17) is 11.6 Å². The minimum atomic E-state index is -0.177. The maximum absolute atomic E-state index is 11.1. The van der Waals surface area contributed by atoms with Crippen LogP contribution in [0.15, 0.2) is 36.5 Å². The van der Waals surface area contributed by atoms with Gasteiger partial charge in [0, 0.05) is 18.3 Å². The number of carbonyl (C=O) groups is 1. The normalized spacial score (nSPS) is 10.3. The number of alkyl halides is 1. The van der Waals surface area contributed by atoms with Crippen molar-refractivity contribution in [3.63, 3.8) is 0 Å². The summed E-state index contributed by atoms with van der Waals surface area (Å²) in [5, 5.41) is 7.15. The SMILES string of the molecule is Cc1nn(-c2ccccc2)cc1CNC(=O)CCl. The van der Waals surface area contributed by atoms with Crippen LogP contribution in [0.3, 0.4) is 0 Å². The number of carbonyl (C=O) groups excluding carboxylic acids is 1. The highest BCUT2D eigenvalue weighted by Crippen LogP contribution is 2.11.